The summed E-state index contributed by atoms with van der Waals surface area (Å²) in [4.78, 5) is 5.84. The molecule has 5 heteroatoms. The van der Waals surface area contributed by atoms with E-state index < -0.39 is 11.9 Å². The van der Waals surface area contributed by atoms with Crippen molar-refractivity contribution in [1.82, 2.24) is 9.97 Å². The van der Waals surface area contributed by atoms with Gasteiger partial charge in [0.05, 0.1) is 0 Å². The van der Waals surface area contributed by atoms with Crippen LogP contribution in [-0.4, -0.2) is 9.97 Å². The molecule has 0 aliphatic carbocycles. The van der Waals surface area contributed by atoms with Crippen LogP contribution < -0.4 is 0 Å². The third-order valence-electron chi connectivity index (χ3n) is 1.47. The maximum atomic E-state index is 11.6. The summed E-state index contributed by atoms with van der Waals surface area (Å²) >= 11 is 0. The number of rotatable bonds is 0. The number of pyridine rings is 1. The quantitative estimate of drug-likeness (QED) is 0.717. The molecular weight excluding hydrogens is 205 g/mol. The minimum absolute atomic E-state index is 0.706. The zero-order valence-electron chi connectivity index (χ0n) is 7.70. The molecule has 2 rings (SSSR count). The summed E-state index contributed by atoms with van der Waals surface area (Å²) < 4.78 is 34.8. The topological polar surface area (TPSA) is 28.7 Å². The van der Waals surface area contributed by atoms with Gasteiger partial charge in [0, 0.05) is 18.6 Å². The van der Waals surface area contributed by atoms with Crippen molar-refractivity contribution in [3.05, 3.63) is 54.6 Å². The third kappa shape index (κ3) is 4.30. The van der Waals surface area contributed by atoms with Crippen molar-refractivity contribution in [2.24, 2.45) is 0 Å². The zero-order chi connectivity index (χ0) is 11.1. The van der Waals surface area contributed by atoms with Gasteiger partial charge in [-0.3, -0.25) is 4.98 Å². The fourth-order valence-corrected chi connectivity index (χ4v) is 0.819. The minimum atomic E-state index is -4.23. The van der Waals surface area contributed by atoms with Gasteiger partial charge in [-0.1, -0.05) is 6.07 Å². The molecule has 0 fully saturated rings. The average Bonchev–Trinajstić information content (AvgIpc) is 2.73. The molecule has 0 saturated heterocycles. The summed E-state index contributed by atoms with van der Waals surface area (Å²) in [6, 6.07) is 8.01. The third-order valence-corrected chi connectivity index (χ3v) is 1.47. The zero-order valence-corrected chi connectivity index (χ0v) is 7.70. The molecule has 2 aromatic rings. The number of aromatic amines is 1. The molecule has 0 bridgehead atoms. The molecule has 0 spiro atoms. The minimum Gasteiger partial charge on any atom is -0.358 e. The van der Waals surface area contributed by atoms with Gasteiger partial charge >= 0.3 is 6.18 Å². The van der Waals surface area contributed by atoms with Crippen LogP contribution in [0.5, 0.6) is 0 Å². The predicted molar refractivity (Wildman–Crippen MR) is 50.0 cm³/mol. The number of nitrogens with zero attached hydrogens (tertiary/aromatic N) is 1. The molecule has 0 aromatic carbocycles. The van der Waals surface area contributed by atoms with Gasteiger partial charge in [-0.15, -0.1) is 0 Å². The molecule has 15 heavy (non-hydrogen) atoms. The second-order valence-electron chi connectivity index (χ2n) is 2.61. The smallest absolute Gasteiger partial charge is 0.358 e. The molecule has 2 heterocycles. The highest BCUT2D eigenvalue weighted by Gasteiger charge is 2.30. The van der Waals surface area contributed by atoms with Crippen LogP contribution in [0.1, 0.15) is 5.69 Å². The Balaban J connectivity index is 0.000000162. The van der Waals surface area contributed by atoms with Crippen LogP contribution in [0.4, 0.5) is 13.2 Å². The van der Waals surface area contributed by atoms with Crippen LogP contribution in [0.2, 0.25) is 0 Å². The van der Waals surface area contributed by atoms with Crippen LogP contribution in [0, 0.1) is 0 Å². The summed E-state index contributed by atoms with van der Waals surface area (Å²) in [6.45, 7) is 0. The Morgan fingerprint density at radius 2 is 1.67 bits per heavy atom. The summed E-state index contributed by atoms with van der Waals surface area (Å²) in [5.41, 5.74) is -0.706. The molecule has 0 aliphatic rings. The first-order valence-corrected chi connectivity index (χ1v) is 4.16. The van der Waals surface area contributed by atoms with Crippen molar-refractivity contribution in [1.29, 1.82) is 0 Å². The van der Waals surface area contributed by atoms with Gasteiger partial charge < -0.3 is 4.98 Å². The molecule has 0 saturated carbocycles. The lowest BCUT2D eigenvalue weighted by atomic mass is 10.4. The number of hydrogen-bond donors (Lipinski definition) is 1. The summed E-state index contributed by atoms with van der Waals surface area (Å²) in [5, 5.41) is 0. The van der Waals surface area contributed by atoms with Gasteiger partial charge in [0.15, 0.2) is 0 Å². The largest absolute Gasteiger partial charge is 0.431 e. The van der Waals surface area contributed by atoms with E-state index in [0.717, 1.165) is 6.07 Å². The van der Waals surface area contributed by atoms with E-state index in [0.29, 0.717) is 0 Å². The fourth-order valence-electron chi connectivity index (χ4n) is 0.819. The Morgan fingerprint density at radius 1 is 1.00 bits per heavy atom. The SMILES string of the molecule is FC(F)(F)c1ccc[nH]1.c1ccncc1. The number of halogens is 3. The van der Waals surface area contributed by atoms with Crippen molar-refractivity contribution in [3.63, 3.8) is 0 Å². The van der Waals surface area contributed by atoms with Gasteiger partial charge in [0.1, 0.15) is 5.69 Å². The van der Waals surface area contributed by atoms with Gasteiger partial charge in [-0.25, -0.2) is 0 Å². The number of aromatic nitrogens is 2. The normalized spacial score (nSPS) is 10.3. The van der Waals surface area contributed by atoms with Gasteiger partial charge in [0.25, 0.3) is 0 Å². The Kier molecular flexibility index (Phi) is 3.91. The van der Waals surface area contributed by atoms with Crippen molar-refractivity contribution >= 4 is 0 Å². The summed E-state index contributed by atoms with van der Waals surface area (Å²) in [5.74, 6) is 0. The van der Waals surface area contributed by atoms with Crippen molar-refractivity contribution in [2.75, 3.05) is 0 Å². The molecule has 0 amide bonds. The van der Waals surface area contributed by atoms with Gasteiger partial charge in [-0.05, 0) is 24.3 Å². The first kappa shape index (κ1) is 11.3. The Morgan fingerprint density at radius 3 is 1.87 bits per heavy atom. The van der Waals surface area contributed by atoms with Gasteiger partial charge in [-0.2, -0.15) is 13.2 Å². The molecular formula is C10H9F3N2. The monoisotopic (exact) mass is 214 g/mol. The van der Waals surface area contributed by atoms with E-state index in [-0.39, 0.29) is 0 Å². The molecule has 0 aliphatic heterocycles. The molecule has 2 nitrogen and oxygen atoms in total. The second-order valence-corrected chi connectivity index (χ2v) is 2.61. The lowest BCUT2D eigenvalue weighted by molar-refractivity contribution is -0.140. The van der Waals surface area contributed by atoms with Crippen LogP contribution in [0.25, 0.3) is 0 Å². The molecule has 0 atom stereocenters. The molecule has 1 N–H and O–H groups in total. The number of hydrogen-bond acceptors (Lipinski definition) is 1. The summed E-state index contributed by atoms with van der Waals surface area (Å²) in [6.07, 6.45) is 0.506. The Hall–Kier alpha value is -1.78. The van der Waals surface area contributed by atoms with E-state index in [1.807, 2.05) is 18.2 Å². The Labute approximate surface area is 84.8 Å². The van der Waals surface area contributed by atoms with E-state index in [2.05, 4.69) is 9.97 Å². The lowest BCUT2D eigenvalue weighted by Crippen LogP contribution is -2.04. The molecule has 80 valence electrons. The maximum Gasteiger partial charge on any atom is 0.431 e. The highest BCUT2D eigenvalue weighted by molar-refractivity contribution is 5.06. The highest BCUT2D eigenvalue weighted by Crippen LogP contribution is 2.26. The molecule has 2 aromatic heterocycles. The highest BCUT2D eigenvalue weighted by atomic mass is 19.4. The van der Waals surface area contributed by atoms with Crippen molar-refractivity contribution in [2.45, 2.75) is 6.18 Å². The van der Waals surface area contributed by atoms with E-state index in [1.165, 1.54) is 12.3 Å². The van der Waals surface area contributed by atoms with E-state index in [1.54, 1.807) is 12.4 Å². The van der Waals surface area contributed by atoms with Crippen LogP contribution >= 0.6 is 0 Å². The number of alkyl halides is 3. The Bertz CT molecular complexity index is 327. The standard InChI is InChI=1S/C5H4F3N.C5H5N/c6-5(7,8)4-2-1-3-9-4;1-2-4-6-5-3-1/h1-3,9H;1-5H. The molecule has 0 unspecified atom stereocenters. The predicted octanol–water partition coefficient (Wildman–Crippen LogP) is 3.12. The summed E-state index contributed by atoms with van der Waals surface area (Å²) in [7, 11) is 0. The van der Waals surface area contributed by atoms with Crippen LogP contribution in [-0.2, 0) is 6.18 Å². The molecule has 0 radical (unpaired) electrons. The van der Waals surface area contributed by atoms with Crippen molar-refractivity contribution < 1.29 is 13.2 Å². The second kappa shape index (κ2) is 5.19. The number of nitrogens with one attached hydrogen (secondary N) is 1. The first-order valence-electron chi connectivity index (χ1n) is 4.16. The maximum absolute atomic E-state index is 11.6. The van der Waals surface area contributed by atoms with E-state index in [4.69, 9.17) is 0 Å². The average molecular weight is 214 g/mol. The first-order chi connectivity index (χ1) is 7.11. The van der Waals surface area contributed by atoms with Gasteiger partial charge in [0.2, 0.25) is 0 Å². The van der Waals surface area contributed by atoms with Crippen LogP contribution in [0.3, 0.4) is 0 Å². The van der Waals surface area contributed by atoms with Crippen LogP contribution in [0.15, 0.2) is 48.9 Å². The van der Waals surface area contributed by atoms with E-state index in [9.17, 15) is 13.2 Å². The van der Waals surface area contributed by atoms with E-state index >= 15 is 0 Å². The van der Waals surface area contributed by atoms with Crippen molar-refractivity contribution in [3.8, 4) is 0 Å². The lowest BCUT2D eigenvalue weighted by Gasteiger charge is -2.00. The fraction of sp³-hybridized carbons (Fsp3) is 0.100. The number of H-pyrrole nitrogens is 1.